The van der Waals surface area contributed by atoms with Crippen LogP contribution in [0.5, 0.6) is 0 Å². The Balaban J connectivity index is 0.000000277. The number of carbonyl (C=O) groups is 1. The summed E-state index contributed by atoms with van der Waals surface area (Å²) < 4.78 is 37.7. The van der Waals surface area contributed by atoms with Crippen molar-refractivity contribution in [1.82, 2.24) is 4.72 Å². The number of carbonyl (C=O) groups excluding carboxylic acids is 1. The van der Waals surface area contributed by atoms with Gasteiger partial charge in [0.1, 0.15) is 6.10 Å². The summed E-state index contributed by atoms with van der Waals surface area (Å²) in [5, 5.41) is 0. The fraction of sp³-hybridized carbons (Fsp3) is 0.941. The van der Waals surface area contributed by atoms with E-state index in [2.05, 4.69) is 4.18 Å². The van der Waals surface area contributed by atoms with Gasteiger partial charge in [0.2, 0.25) is 0 Å². The van der Waals surface area contributed by atoms with Crippen LogP contribution in [0.25, 0.3) is 0 Å². The highest BCUT2D eigenvalue weighted by Crippen LogP contribution is 2.52. The lowest BCUT2D eigenvalue weighted by molar-refractivity contribution is -0.163. The number of esters is 1. The lowest BCUT2D eigenvalue weighted by atomic mass is 9.80. The second-order valence-electron chi connectivity index (χ2n) is 7.64. The molecule has 2 aliphatic heterocycles. The van der Waals surface area contributed by atoms with Crippen molar-refractivity contribution in [3.8, 4) is 0 Å². The van der Waals surface area contributed by atoms with Crippen LogP contribution in [-0.2, 0) is 28.8 Å². The van der Waals surface area contributed by atoms with Crippen LogP contribution < -0.4 is 4.72 Å². The zero-order valence-corrected chi connectivity index (χ0v) is 16.6. The molecule has 5 unspecified atom stereocenters. The highest BCUT2D eigenvalue weighted by molar-refractivity contribution is 7.84. The average Bonchev–Trinajstić information content (AvgIpc) is 3.28. The van der Waals surface area contributed by atoms with Crippen molar-refractivity contribution in [2.75, 3.05) is 14.2 Å². The Hall–Kier alpha value is -0.700. The van der Waals surface area contributed by atoms with Gasteiger partial charge in [-0.25, -0.2) is 0 Å². The van der Waals surface area contributed by atoms with Gasteiger partial charge in [-0.2, -0.15) is 13.1 Å². The highest BCUT2D eigenvalue weighted by Gasteiger charge is 2.57. The molecule has 0 aromatic rings. The van der Waals surface area contributed by atoms with Crippen LogP contribution in [0.3, 0.4) is 0 Å². The van der Waals surface area contributed by atoms with Gasteiger partial charge in [-0.05, 0) is 44.9 Å². The van der Waals surface area contributed by atoms with Crippen molar-refractivity contribution in [3.63, 3.8) is 0 Å². The first-order valence-electron chi connectivity index (χ1n) is 9.00. The van der Waals surface area contributed by atoms with Crippen molar-refractivity contribution in [1.29, 1.82) is 0 Å². The lowest BCUT2D eigenvalue weighted by Crippen LogP contribution is -2.39. The molecule has 3 fully saturated rings. The fourth-order valence-electron chi connectivity index (χ4n) is 3.89. The minimum Gasteiger partial charge on any atom is -0.459 e. The van der Waals surface area contributed by atoms with E-state index in [0.29, 0.717) is 12.0 Å². The molecular weight excluding hydrogens is 346 g/mol. The zero-order chi connectivity index (χ0) is 18.8. The van der Waals surface area contributed by atoms with E-state index in [-0.39, 0.29) is 23.6 Å². The van der Waals surface area contributed by atoms with E-state index < -0.39 is 10.3 Å². The molecule has 1 saturated carbocycles. The number of hydrogen-bond donors (Lipinski definition) is 1. The molecule has 1 N–H and O–H groups in total. The van der Waals surface area contributed by atoms with E-state index >= 15 is 0 Å². The van der Waals surface area contributed by atoms with Crippen molar-refractivity contribution in [3.05, 3.63) is 0 Å². The van der Waals surface area contributed by atoms with Gasteiger partial charge in [0.25, 0.3) is 0 Å². The molecule has 8 heteroatoms. The summed E-state index contributed by atoms with van der Waals surface area (Å²) in [5.74, 6) is 1.36. The van der Waals surface area contributed by atoms with Crippen LogP contribution in [0.4, 0.5) is 0 Å². The molecule has 3 rings (SSSR count). The first-order chi connectivity index (χ1) is 11.6. The van der Waals surface area contributed by atoms with Gasteiger partial charge in [-0.3, -0.25) is 8.98 Å². The molecule has 2 heterocycles. The van der Waals surface area contributed by atoms with Gasteiger partial charge in [-0.15, -0.1) is 0 Å². The largest absolute Gasteiger partial charge is 0.459 e. The van der Waals surface area contributed by atoms with E-state index in [0.717, 1.165) is 25.9 Å². The minimum absolute atomic E-state index is 0.0210. The topological polar surface area (TPSA) is 90.9 Å². The summed E-state index contributed by atoms with van der Waals surface area (Å²) in [6, 6.07) is 0. The van der Waals surface area contributed by atoms with E-state index in [4.69, 9.17) is 9.47 Å². The number of rotatable bonds is 5. The predicted octanol–water partition coefficient (Wildman–Crippen LogP) is 2.02. The Labute approximate surface area is 151 Å². The summed E-state index contributed by atoms with van der Waals surface area (Å²) >= 11 is 0. The monoisotopic (exact) mass is 377 g/mol. The predicted molar refractivity (Wildman–Crippen MR) is 93.0 cm³/mol. The second-order valence-corrected chi connectivity index (χ2v) is 9.29. The van der Waals surface area contributed by atoms with Crippen LogP contribution >= 0.6 is 0 Å². The Morgan fingerprint density at radius 1 is 1.28 bits per heavy atom. The van der Waals surface area contributed by atoms with Gasteiger partial charge in [0.15, 0.2) is 0 Å². The Bertz CT molecular complexity index is 566. The summed E-state index contributed by atoms with van der Waals surface area (Å²) in [6.07, 6.45) is 6.23. The Kier molecular flexibility index (Phi) is 6.51. The number of hydrogen-bond acceptors (Lipinski definition) is 6. The van der Waals surface area contributed by atoms with Gasteiger partial charge in [-0.1, -0.05) is 13.3 Å². The maximum absolute atomic E-state index is 12.1. The molecule has 3 aliphatic rings. The van der Waals surface area contributed by atoms with Crippen LogP contribution in [0.15, 0.2) is 0 Å². The molecule has 0 aromatic carbocycles. The third-order valence-electron chi connectivity index (χ3n) is 5.85. The summed E-state index contributed by atoms with van der Waals surface area (Å²) in [7, 11) is -1.04. The summed E-state index contributed by atoms with van der Waals surface area (Å²) in [6.45, 7) is 5.95. The van der Waals surface area contributed by atoms with E-state index in [1.165, 1.54) is 26.3 Å². The first kappa shape index (κ1) is 20.6. The van der Waals surface area contributed by atoms with Crippen LogP contribution in [-0.4, -0.2) is 46.9 Å². The first-order valence-corrected chi connectivity index (χ1v) is 10.4. The SMILES string of the molecule is CCC(C)(C)C(=O)OC1CC2OC1C1CCCC21.CNS(=O)(=O)OC. The number of ether oxygens (including phenoxy) is 2. The van der Waals surface area contributed by atoms with E-state index in [9.17, 15) is 13.2 Å². The molecular formula is C17H31NO6S. The summed E-state index contributed by atoms with van der Waals surface area (Å²) in [5.41, 5.74) is -0.364. The third-order valence-corrected chi connectivity index (χ3v) is 6.79. The molecule has 2 saturated heterocycles. The molecule has 146 valence electrons. The quantitative estimate of drug-likeness (QED) is 0.737. The molecule has 2 bridgehead atoms. The normalized spacial score (nSPS) is 33.6. The van der Waals surface area contributed by atoms with Gasteiger partial charge >= 0.3 is 16.3 Å². The van der Waals surface area contributed by atoms with Crippen molar-refractivity contribution in [2.45, 2.75) is 71.2 Å². The Morgan fingerprint density at radius 2 is 1.92 bits per heavy atom. The molecule has 25 heavy (non-hydrogen) atoms. The van der Waals surface area contributed by atoms with Gasteiger partial charge in [0.05, 0.1) is 24.7 Å². The molecule has 5 atom stereocenters. The number of fused-ring (bicyclic) bond motifs is 5. The average molecular weight is 378 g/mol. The van der Waals surface area contributed by atoms with Crippen molar-refractivity contribution < 1.29 is 26.9 Å². The van der Waals surface area contributed by atoms with Crippen molar-refractivity contribution >= 4 is 16.3 Å². The van der Waals surface area contributed by atoms with Gasteiger partial charge < -0.3 is 9.47 Å². The van der Waals surface area contributed by atoms with Crippen LogP contribution in [0.2, 0.25) is 0 Å². The highest BCUT2D eigenvalue weighted by atomic mass is 32.2. The molecule has 0 amide bonds. The van der Waals surface area contributed by atoms with Gasteiger partial charge in [0, 0.05) is 13.5 Å². The molecule has 0 spiro atoms. The third kappa shape index (κ3) is 4.53. The molecule has 0 aromatic heterocycles. The maximum atomic E-state index is 12.1. The molecule has 0 radical (unpaired) electrons. The number of nitrogens with one attached hydrogen (secondary N) is 1. The maximum Gasteiger partial charge on any atom is 0.335 e. The Morgan fingerprint density at radius 3 is 2.44 bits per heavy atom. The standard InChI is InChI=1S/C15H24O3.C2H7NO3S/c1-4-15(2,3)14(16)18-12-8-11-9-6-5-7-10(9)13(12)17-11;1-3-7(4,5)6-2/h9-13H,4-8H2,1-3H3;3H,1-2H3. The van der Waals surface area contributed by atoms with Crippen molar-refractivity contribution in [2.24, 2.45) is 17.3 Å². The lowest BCUT2D eigenvalue weighted by Gasteiger charge is -2.30. The second kappa shape index (κ2) is 7.90. The van der Waals surface area contributed by atoms with E-state index in [1.54, 1.807) is 0 Å². The minimum atomic E-state index is -3.41. The van der Waals surface area contributed by atoms with Crippen LogP contribution in [0, 0.1) is 17.3 Å². The fourth-order valence-corrected chi connectivity index (χ4v) is 4.05. The molecule has 7 nitrogen and oxygen atoms in total. The molecule has 1 aliphatic carbocycles. The smallest absolute Gasteiger partial charge is 0.335 e. The van der Waals surface area contributed by atoms with Crippen LogP contribution in [0.1, 0.15) is 52.9 Å². The zero-order valence-electron chi connectivity index (χ0n) is 15.8. The van der Waals surface area contributed by atoms with E-state index in [1.807, 2.05) is 25.5 Å². The summed E-state index contributed by atoms with van der Waals surface area (Å²) in [4.78, 5) is 12.1.